The Bertz CT molecular complexity index is 1590. The number of primary amides is 1. The number of phenolic OH excluding ortho intramolecular Hbond substituents is 1. The van der Waals surface area contributed by atoms with Crippen molar-refractivity contribution in [1.29, 1.82) is 0 Å². The number of aliphatic hydroxyl groups excluding tert-OH is 2. The lowest BCUT2D eigenvalue weighted by Crippen LogP contribution is -2.65. The molecule has 1 aromatic carbocycles. The van der Waals surface area contributed by atoms with Crippen molar-refractivity contribution in [3.63, 3.8) is 0 Å². The third-order valence-corrected chi connectivity index (χ3v) is 8.71. The Labute approximate surface area is 249 Å². The average molecular weight is 591 g/mol. The van der Waals surface area contributed by atoms with E-state index in [4.69, 9.17) is 5.73 Å². The highest BCUT2D eigenvalue weighted by atomic mass is 16.3. The van der Waals surface area contributed by atoms with Crippen molar-refractivity contribution in [1.82, 2.24) is 15.2 Å². The average Bonchev–Trinajstić information content (AvgIpc) is 2.91. The van der Waals surface area contributed by atoms with E-state index in [0.717, 1.165) is 0 Å². The lowest BCUT2D eigenvalue weighted by molar-refractivity contribution is -0.153. The number of likely N-dealkylation sites (N-methyl/N-ethyl adjacent to an activating group) is 1. The van der Waals surface area contributed by atoms with Crippen molar-refractivity contribution >= 4 is 23.2 Å². The van der Waals surface area contributed by atoms with Crippen LogP contribution in [0, 0.1) is 17.3 Å². The van der Waals surface area contributed by atoms with Gasteiger partial charge in [-0.05, 0) is 62.0 Å². The maximum absolute atomic E-state index is 14.2. The molecule has 0 saturated heterocycles. The van der Waals surface area contributed by atoms with E-state index in [1.54, 1.807) is 26.4 Å². The monoisotopic (exact) mass is 590 g/mol. The van der Waals surface area contributed by atoms with Crippen molar-refractivity contribution in [3.8, 4) is 17.0 Å². The molecule has 5 rings (SSSR count). The Morgan fingerprint density at radius 2 is 1.88 bits per heavy atom. The first kappa shape index (κ1) is 30.4. The van der Waals surface area contributed by atoms with E-state index in [0.29, 0.717) is 28.9 Å². The molecule has 11 heteroatoms. The Morgan fingerprint density at radius 1 is 1.19 bits per heavy atom. The molecule has 2 aromatic rings. The number of hydrogen-bond acceptors (Lipinski definition) is 10. The van der Waals surface area contributed by atoms with Crippen LogP contribution in [-0.2, 0) is 27.3 Å². The van der Waals surface area contributed by atoms with Gasteiger partial charge in [0.25, 0.3) is 5.91 Å². The molecule has 0 radical (unpaired) electrons. The summed E-state index contributed by atoms with van der Waals surface area (Å²) in [7, 11) is 3.14. The first-order valence-corrected chi connectivity index (χ1v) is 14.2. The number of rotatable bonds is 6. The lowest BCUT2D eigenvalue weighted by atomic mass is 9.57. The molecule has 0 aliphatic heterocycles. The Morgan fingerprint density at radius 3 is 2.47 bits per heavy atom. The molecule has 0 spiro atoms. The fourth-order valence-electron chi connectivity index (χ4n) is 6.82. The number of phenols is 1. The number of nitrogens with two attached hydrogens (primary N) is 1. The van der Waals surface area contributed by atoms with Crippen molar-refractivity contribution in [2.75, 3.05) is 20.6 Å². The number of aromatic hydroxyl groups is 1. The van der Waals surface area contributed by atoms with E-state index in [-0.39, 0.29) is 41.7 Å². The number of aromatic nitrogens is 1. The van der Waals surface area contributed by atoms with Crippen LogP contribution in [0.2, 0.25) is 0 Å². The SMILES string of the molecule is CN(C)C1C(=O)C(C(N)=O)=C(O)C2(O)C(=O)C3=C(O)c4c(O)c(CNCC(C)(C)C)cc(-c5ccccn5)c4CC3CC12. The maximum atomic E-state index is 14.2. The minimum atomic E-state index is -2.68. The van der Waals surface area contributed by atoms with Crippen LogP contribution in [0.25, 0.3) is 17.0 Å². The smallest absolute Gasteiger partial charge is 0.255 e. The van der Waals surface area contributed by atoms with E-state index in [1.807, 2.05) is 18.2 Å². The van der Waals surface area contributed by atoms with Gasteiger partial charge in [-0.2, -0.15) is 0 Å². The van der Waals surface area contributed by atoms with E-state index in [1.165, 1.54) is 4.90 Å². The Kier molecular flexibility index (Phi) is 7.48. The van der Waals surface area contributed by atoms with Gasteiger partial charge < -0.3 is 31.5 Å². The molecule has 228 valence electrons. The van der Waals surface area contributed by atoms with E-state index < -0.39 is 58.0 Å². The lowest BCUT2D eigenvalue weighted by Gasteiger charge is -2.50. The van der Waals surface area contributed by atoms with Crippen molar-refractivity contribution < 1.29 is 34.8 Å². The van der Waals surface area contributed by atoms with Gasteiger partial charge in [0.2, 0.25) is 5.78 Å². The molecule has 11 nitrogen and oxygen atoms in total. The Hall–Kier alpha value is -4.06. The summed E-state index contributed by atoms with van der Waals surface area (Å²) in [4.78, 5) is 45.7. The highest BCUT2D eigenvalue weighted by Crippen LogP contribution is 2.54. The number of Topliss-reactive ketones (excluding diaryl/α,β-unsaturated/α-hetero) is 2. The molecule has 4 atom stereocenters. The summed E-state index contributed by atoms with van der Waals surface area (Å²) in [6.07, 6.45) is 1.84. The Balaban J connectivity index is 1.72. The number of nitrogens with one attached hydrogen (secondary N) is 1. The second kappa shape index (κ2) is 10.6. The van der Waals surface area contributed by atoms with E-state index in [2.05, 4.69) is 31.1 Å². The molecule has 1 aromatic heterocycles. The number of ketones is 2. The van der Waals surface area contributed by atoms with Gasteiger partial charge in [0.15, 0.2) is 11.4 Å². The summed E-state index contributed by atoms with van der Waals surface area (Å²) in [6.45, 7) is 7.12. The van der Waals surface area contributed by atoms with Crippen LogP contribution >= 0.6 is 0 Å². The van der Waals surface area contributed by atoms with Crippen molar-refractivity contribution in [2.24, 2.45) is 23.0 Å². The van der Waals surface area contributed by atoms with Crippen LogP contribution in [0.5, 0.6) is 5.75 Å². The van der Waals surface area contributed by atoms with Crippen LogP contribution in [-0.4, -0.2) is 80.1 Å². The molecule has 1 amide bonds. The zero-order valence-electron chi connectivity index (χ0n) is 24.9. The predicted molar refractivity (Wildman–Crippen MR) is 159 cm³/mol. The van der Waals surface area contributed by atoms with Crippen LogP contribution in [0.1, 0.15) is 43.9 Å². The molecule has 4 unspecified atom stereocenters. The fraction of sp³-hybridized carbons (Fsp3) is 0.438. The quantitative estimate of drug-likeness (QED) is 0.272. The topological polar surface area (TPSA) is 186 Å². The number of nitrogens with zero attached hydrogens (tertiary/aromatic N) is 2. The molecule has 43 heavy (non-hydrogen) atoms. The summed E-state index contributed by atoms with van der Waals surface area (Å²) in [5.74, 6) is -6.76. The molecular weight excluding hydrogens is 552 g/mol. The number of amides is 1. The van der Waals surface area contributed by atoms with Crippen LogP contribution < -0.4 is 11.1 Å². The number of aliphatic hydroxyl groups is 3. The van der Waals surface area contributed by atoms with Gasteiger partial charge in [0.05, 0.1) is 17.3 Å². The number of pyridine rings is 1. The normalized spacial score (nSPS) is 25.5. The highest BCUT2D eigenvalue weighted by molar-refractivity contribution is 6.24. The number of fused-ring (bicyclic) bond motifs is 3. The summed E-state index contributed by atoms with van der Waals surface area (Å²) >= 11 is 0. The fourth-order valence-corrected chi connectivity index (χ4v) is 6.82. The summed E-state index contributed by atoms with van der Waals surface area (Å²) in [5, 5.41) is 49.5. The zero-order valence-corrected chi connectivity index (χ0v) is 24.9. The minimum Gasteiger partial charge on any atom is -0.508 e. The van der Waals surface area contributed by atoms with Gasteiger partial charge in [-0.1, -0.05) is 26.8 Å². The maximum Gasteiger partial charge on any atom is 0.255 e. The van der Waals surface area contributed by atoms with E-state index in [9.17, 15) is 34.8 Å². The van der Waals surface area contributed by atoms with Crippen molar-refractivity contribution in [3.05, 3.63) is 64.1 Å². The first-order chi connectivity index (χ1) is 20.1. The van der Waals surface area contributed by atoms with Crippen LogP contribution in [0.3, 0.4) is 0 Å². The summed E-state index contributed by atoms with van der Waals surface area (Å²) < 4.78 is 0. The molecule has 1 fully saturated rings. The summed E-state index contributed by atoms with van der Waals surface area (Å²) in [5.41, 5.74) is 4.04. The molecule has 3 aliphatic rings. The second-order valence-electron chi connectivity index (χ2n) is 13.1. The van der Waals surface area contributed by atoms with Gasteiger partial charge in [-0.25, -0.2) is 0 Å². The molecular formula is C32H38N4O7. The first-order valence-electron chi connectivity index (χ1n) is 14.2. The van der Waals surface area contributed by atoms with Gasteiger partial charge in [-0.15, -0.1) is 0 Å². The standard InChI is InChI=1S/C32H38N4O7/c1-31(2,3)14-34-13-16-11-17(20-8-6-7-9-35-20)18-10-15-12-19-24(36(4)5)27(39)23(30(33)42)29(41)32(19,43)28(40)21(15)26(38)22(18)25(16)37/h6-9,11,15,19,24,34,37-38,41,43H,10,12-14H2,1-5H3,(H2,33,42). The molecule has 1 saturated carbocycles. The predicted octanol–water partition coefficient (Wildman–Crippen LogP) is 2.16. The van der Waals surface area contributed by atoms with Gasteiger partial charge in [-0.3, -0.25) is 24.3 Å². The largest absolute Gasteiger partial charge is 0.508 e. The third kappa shape index (κ3) is 4.81. The van der Waals surface area contributed by atoms with Crippen LogP contribution in [0.4, 0.5) is 0 Å². The third-order valence-electron chi connectivity index (χ3n) is 8.71. The van der Waals surface area contributed by atoms with Crippen LogP contribution in [0.15, 0.2) is 47.4 Å². The zero-order chi connectivity index (χ0) is 31.6. The van der Waals surface area contributed by atoms with Gasteiger partial charge in [0.1, 0.15) is 22.8 Å². The summed E-state index contributed by atoms with van der Waals surface area (Å²) in [6, 6.07) is 6.10. The minimum absolute atomic E-state index is 0.0169. The van der Waals surface area contributed by atoms with Gasteiger partial charge in [0, 0.05) is 41.9 Å². The number of carbonyl (C=O) groups is 3. The van der Waals surface area contributed by atoms with E-state index >= 15 is 0 Å². The molecule has 1 heterocycles. The molecule has 0 bridgehead atoms. The number of carbonyl (C=O) groups excluding carboxylic acids is 3. The number of hydrogen-bond donors (Lipinski definition) is 6. The van der Waals surface area contributed by atoms with Gasteiger partial charge >= 0.3 is 0 Å². The van der Waals surface area contributed by atoms with Crippen molar-refractivity contribution in [2.45, 2.75) is 51.8 Å². The molecule has 7 N–H and O–H groups in total. The molecule has 3 aliphatic carbocycles. The second-order valence-corrected chi connectivity index (χ2v) is 13.1. The number of benzene rings is 1. The highest BCUT2D eigenvalue weighted by Gasteiger charge is 2.64.